The van der Waals surface area contributed by atoms with Gasteiger partial charge < -0.3 is 0 Å². The molecule has 1 fully saturated rings. The lowest BCUT2D eigenvalue weighted by Crippen LogP contribution is -2.22. The first-order valence-electron chi connectivity index (χ1n) is 5.99. The number of hydrogen-bond acceptors (Lipinski definition) is 1. The molecule has 3 rings (SSSR count). The van der Waals surface area contributed by atoms with E-state index in [4.69, 9.17) is 0 Å². The maximum Gasteiger partial charge on any atom is 0.180 e. The van der Waals surface area contributed by atoms with Gasteiger partial charge in [-0.1, -0.05) is 60.7 Å². The Labute approximate surface area is 105 Å². The first-order valence-corrected chi connectivity index (χ1v) is 5.99. The summed E-state index contributed by atoms with van der Waals surface area (Å²) in [5.41, 5.74) is -0.830. The van der Waals surface area contributed by atoms with E-state index < -0.39 is 11.1 Å². The van der Waals surface area contributed by atoms with Crippen LogP contribution in [0.15, 0.2) is 60.7 Å². The van der Waals surface area contributed by atoms with Gasteiger partial charge >= 0.3 is 0 Å². The van der Waals surface area contributed by atoms with Gasteiger partial charge in [-0.15, -0.1) is 0 Å². The first-order chi connectivity index (χ1) is 8.73. The second-order valence-corrected chi connectivity index (χ2v) is 4.79. The van der Waals surface area contributed by atoms with Crippen molar-refractivity contribution in [1.29, 1.82) is 0 Å². The van der Waals surface area contributed by atoms with E-state index in [1.165, 1.54) is 0 Å². The molecule has 1 atom stereocenters. The monoisotopic (exact) mass is 240 g/mol. The van der Waals surface area contributed by atoms with Crippen molar-refractivity contribution in [2.45, 2.75) is 17.5 Å². The molecule has 0 aliphatic heterocycles. The summed E-state index contributed by atoms with van der Waals surface area (Å²) in [5.74, 6) is 0. The molecule has 0 N–H and O–H groups in total. The quantitative estimate of drug-likeness (QED) is 0.752. The van der Waals surface area contributed by atoms with Gasteiger partial charge in [0.25, 0.3) is 0 Å². The van der Waals surface area contributed by atoms with Crippen molar-refractivity contribution in [3.63, 3.8) is 0 Å². The molecular formula is C16H13FO. The maximum atomic E-state index is 14.6. The zero-order valence-corrected chi connectivity index (χ0v) is 9.84. The van der Waals surface area contributed by atoms with Gasteiger partial charge in [-0.05, 0) is 11.1 Å². The largest absolute Gasteiger partial charge is 0.300 e. The van der Waals surface area contributed by atoms with E-state index in [2.05, 4.69) is 0 Å². The topological polar surface area (TPSA) is 17.1 Å². The van der Waals surface area contributed by atoms with Crippen molar-refractivity contribution in [3.05, 3.63) is 71.8 Å². The second-order valence-electron chi connectivity index (χ2n) is 4.79. The fraction of sp³-hybridized carbons (Fsp3) is 0.188. The van der Waals surface area contributed by atoms with Gasteiger partial charge in [-0.25, -0.2) is 4.39 Å². The van der Waals surface area contributed by atoms with Crippen molar-refractivity contribution in [2.75, 3.05) is 0 Å². The second kappa shape index (κ2) is 3.77. The minimum Gasteiger partial charge on any atom is -0.300 e. The van der Waals surface area contributed by atoms with E-state index in [1.807, 2.05) is 60.7 Å². The van der Waals surface area contributed by atoms with Crippen LogP contribution in [0.4, 0.5) is 4.39 Å². The number of rotatable bonds is 3. The number of hydrogen-bond donors (Lipinski definition) is 0. The minimum absolute atomic E-state index is 0.234. The van der Waals surface area contributed by atoms with E-state index in [9.17, 15) is 9.18 Å². The average Bonchev–Trinajstić information content (AvgIpc) is 3.09. The molecule has 1 nitrogen and oxygen atoms in total. The van der Waals surface area contributed by atoms with Crippen LogP contribution in [-0.4, -0.2) is 12.0 Å². The average molecular weight is 240 g/mol. The van der Waals surface area contributed by atoms with E-state index >= 15 is 0 Å². The Bertz CT molecular complexity index is 525. The molecule has 1 saturated carbocycles. The molecule has 2 aromatic rings. The Morgan fingerprint density at radius 1 is 0.889 bits per heavy atom. The van der Waals surface area contributed by atoms with Crippen LogP contribution in [0.3, 0.4) is 0 Å². The van der Waals surface area contributed by atoms with Gasteiger partial charge in [0.05, 0.1) is 5.41 Å². The third-order valence-electron chi connectivity index (χ3n) is 3.83. The molecule has 0 bridgehead atoms. The molecule has 0 spiro atoms. The molecule has 0 unspecified atom stereocenters. The van der Waals surface area contributed by atoms with Crippen LogP contribution in [0.2, 0.25) is 0 Å². The van der Waals surface area contributed by atoms with Crippen molar-refractivity contribution >= 4 is 6.29 Å². The number of alkyl halides is 1. The number of carbonyl (C=O) groups is 1. The lowest BCUT2D eigenvalue weighted by atomic mass is 9.85. The van der Waals surface area contributed by atoms with Crippen molar-refractivity contribution in [3.8, 4) is 0 Å². The van der Waals surface area contributed by atoms with Gasteiger partial charge in [0.1, 0.15) is 0 Å². The smallest absolute Gasteiger partial charge is 0.180 e. The van der Waals surface area contributed by atoms with Crippen molar-refractivity contribution in [2.24, 2.45) is 0 Å². The van der Waals surface area contributed by atoms with Crippen LogP contribution in [0.5, 0.6) is 0 Å². The van der Waals surface area contributed by atoms with E-state index in [1.54, 1.807) is 0 Å². The third kappa shape index (κ3) is 1.35. The number of carbonyl (C=O) groups excluding carboxylic acids is 1. The summed E-state index contributed by atoms with van der Waals surface area (Å²) in [6, 6.07) is 18.8. The van der Waals surface area contributed by atoms with Crippen LogP contribution >= 0.6 is 0 Å². The molecule has 1 aliphatic carbocycles. The molecule has 18 heavy (non-hydrogen) atoms. The van der Waals surface area contributed by atoms with Gasteiger partial charge in [0.2, 0.25) is 0 Å². The predicted molar refractivity (Wildman–Crippen MR) is 68.2 cm³/mol. The molecular weight excluding hydrogens is 227 g/mol. The fourth-order valence-electron chi connectivity index (χ4n) is 2.78. The Hall–Kier alpha value is -1.96. The molecule has 2 heteroatoms. The molecule has 90 valence electrons. The fourth-order valence-corrected chi connectivity index (χ4v) is 2.78. The summed E-state index contributed by atoms with van der Waals surface area (Å²) in [6.07, 6.45) is 0.685. The van der Waals surface area contributed by atoms with Crippen LogP contribution < -0.4 is 0 Å². The van der Waals surface area contributed by atoms with Crippen LogP contribution in [-0.2, 0) is 10.2 Å². The summed E-state index contributed by atoms with van der Waals surface area (Å²) < 4.78 is 14.6. The Morgan fingerprint density at radius 2 is 1.33 bits per heavy atom. The van der Waals surface area contributed by atoms with Crippen LogP contribution in [0, 0.1) is 0 Å². The molecule has 1 aliphatic rings. The zero-order valence-electron chi connectivity index (χ0n) is 9.84. The van der Waals surface area contributed by atoms with Crippen molar-refractivity contribution < 1.29 is 9.18 Å². The van der Waals surface area contributed by atoms with Gasteiger partial charge in [-0.2, -0.15) is 0 Å². The lowest BCUT2D eigenvalue weighted by molar-refractivity contribution is -0.113. The molecule has 2 aromatic carbocycles. The Morgan fingerprint density at radius 3 is 1.67 bits per heavy atom. The van der Waals surface area contributed by atoms with Crippen LogP contribution in [0.1, 0.15) is 17.5 Å². The standard InChI is InChI=1S/C16H13FO/c17-15(12-18)11-16(15,13-7-3-1-4-8-13)14-9-5-2-6-10-14/h1-10,12H,11H2/t15-/m1/s1. The summed E-state index contributed by atoms with van der Waals surface area (Å²) in [4.78, 5) is 11.1. The summed E-state index contributed by atoms with van der Waals surface area (Å²) in [6.45, 7) is 0. The highest BCUT2D eigenvalue weighted by Gasteiger charge is 2.71. The third-order valence-corrected chi connectivity index (χ3v) is 3.83. The van der Waals surface area contributed by atoms with E-state index in [-0.39, 0.29) is 6.42 Å². The normalized spacial score (nSPS) is 24.5. The maximum absolute atomic E-state index is 14.6. The highest BCUT2D eigenvalue weighted by molar-refractivity contribution is 5.77. The predicted octanol–water partition coefficient (Wildman–Crippen LogP) is 3.28. The lowest BCUT2D eigenvalue weighted by Gasteiger charge is -2.18. The van der Waals surface area contributed by atoms with Gasteiger partial charge in [0.15, 0.2) is 12.0 Å². The molecule has 0 amide bonds. The summed E-state index contributed by atoms with van der Waals surface area (Å²) in [7, 11) is 0. The highest BCUT2D eigenvalue weighted by atomic mass is 19.1. The Kier molecular flexibility index (Phi) is 2.34. The SMILES string of the molecule is O=C[C@]1(F)CC1(c1ccccc1)c1ccccc1. The molecule has 0 radical (unpaired) electrons. The zero-order chi connectivity index (χ0) is 12.6. The van der Waals surface area contributed by atoms with E-state index in [0.29, 0.717) is 6.29 Å². The molecule has 0 aromatic heterocycles. The van der Waals surface area contributed by atoms with Crippen LogP contribution in [0.25, 0.3) is 0 Å². The molecule has 0 heterocycles. The number of benzene rings is 2. The Balaban J connectivity index is 2.17. The minimum atomic E-state index is -1.77. The summed E-state index contributed by atoms with van der Waals surface area (Å²) >= 11 is 0. The van der Waals surface area contributed by atoms with Crippen molar-refractivity contribution in [1.82, 2.24) is 0 Å². The first kappa shape index (κ1) is 11.1. The number of aldehydes is 1. The van der Waals surface area contributed by atoms with Gasteiger partial charge in [0, 0.05) is 6.42 Å². The number of halogens is 1. The summed E-state index contributed by atoms with van der Waals surface area (Å²) in [5, 5.41) is 0. The van der Waals surface area contributed by atoms with Gasteiger partial charge in [-0.3, -0.25) is 4.79 Å². The highest BCUT2D eigenvalue weighted by Crippen LogP contribution is 2.63. The molecule has 0 saturated heterocycles. The van der Waals surface area contributed by atoms with E-state index in [0.717, 1.165) is 11.1 Å².